The standard InChI is InChI=1S/C20H24BrNO3/c1-12(2)16-8-14(5-6-19(16)23)9-17-13(3)7-15(10-18(17)21)25-11-20(24)22-4/h5-8,10,12,23H,9,11H2,1-4H3,(H,22,24). The second kappa shape index (κ2) is 8.39. The van der Waals surface area contributed by atoms with Gasteiger partial charge in [-0.25, -0.2) is 0 Å². The van der Waals surface area contributed by atoms with Crippen molar-refractivity contribution < 1.29 is 14.6 Å². The number of hydrogen-bond donors (Lipinski definition) is 2. The van der Waals surface area contributed by atoms with E-state index in [0.717, 1.165) is 33.1 Å². The second-order valence-corrected chi connectivity index (χ2v) is 7.24. The topological polar surface area (TPSA) is 58.6 Å². The number of likely N-dealkylation sites (N-methyl/N-ethyl adjacent to an activating group) is 1. The SMILES string of the molecule is CNC(=O)COc1cc(C)c(Cc2ccc(O)c(C(C)C)c2)c(Br)c1. The number of hydrogen-bond acceptors (Lipinski definition) is 3. The number of phenols is 1. The summed E-state index contributed by atoms with van der Waals surface area (Å²) in [6.07, 6.45) is 0.752. The monoisotopic (exact) mass is 405 g/mol. The molecule has 134 valence electrons. The summed E-state index contributed by atoms with van der Waals surface area (Å²) in [7, 11) is 1.58. The molecule has 0 atom stereocenters. The van der Waals surface area contributed by atoms with Crippen molar-refractivity contribution in [1.82, 2.24) is 5.32 Å². The van der Waals surface area contributed by atoms with Crippen molar-refractivity contribution in [3.05, 3.63) is 57.1 Å². The molecule has 25 heavy (non-hydrogen) atoms. The van der Waals surface area contributed by atoms with Crippen LogP contribution in [0.5, 0.6) is 11.5 Å². The van der Waals surface area contributed by atoms with E-state index in [2.05, 4.69) is 41.2 Å². The number of amides is 1. The van der Waals surface area contributed by atoms with Gasteiger partial charge in [-0.1, -0.05) is 41.9 Å². The Morgan fingerprint density at radius 2 is 2.00 bits per heavy atom. The van der Waals surface area contributed by atoms with Gasteiger partial charge in [0.15, 0.2) is 6.61 Å². The van der Waals surface area contributed by atoms with Gasteiger partial charge in [0.25, 0.3) is 5.91 Å². The minimum Gasteiger partial charge on any atom is -0.508 e. The molecular weight excluding hydrogens is 382 g/mol. The largest absolute Gasteiger partial charge is 0.508 e. The number of halogens is 1. The molecule has 4 nitrogen and oxygen atoms in total. The highest BCUT2D eigenvalue weighted by Crippen LogP contribution is 2.31. The molecule has 0 aliphatic rings. The van der Waals surface area contributed by atoms with Crippen molar-refractivity contribution in [2.75, 3.05) is 13.7 Å². The molecule has 2 aromatic carbocycles. The van der Waals surface area contributed by atoms with Gasteiger partial charge in [-0.15, -0.1) is 0 Å². The maximum Gasteiger partial charge on any atom is 0.257 e. The maximum atomic E-state index is 11.3. The zero-order chi connectivity index (χ0) is 18.6. The van der Waals surface area contributed by atoms with Crippen molar-refractivity contribution in [3.8, 4) is 11.5 Å². The van der Waals surface area contributed by atoms with Crippen LogP contribution in [0.15, 0.2) is 34.8 Å². The molecule has 2 rings (SSSR count). The average molecular weight is 406 g/mol. The predicted octanol–water partition coefficient (Wildman–Crippen LogP) is 4.30. The fourth-order valence-electron chi connectivity index (χ4n) is 2.65. The first-order valence-electron chi connectivity index (χ1n) is 8.26. The molecule has 0 spiro atoms. The molecule has 0 aliphatic carbocycles. The lowest BCUT2D eigenvalue weighted by Crippen LogP contribution is -2.24. The Labute approximate surface area is 157 Å². The van der Waals surface area contributed by atoms with Gasteiger partial charge in [-0.05, 0) is 59.7 Å². The third kappa shape index (κ3) is 4.98. The molecule has 1 amide bonds. The highest BCUT2D eigenvalue weighted by molar-refractivity contribution is 9.10. The summed E-state index contributed by atoms with van der Waals surface area (Å²) in [5.41, 5.74) is 4.34. The van der Waals surface area contributed by atoms with Gasteiger partial charge in [-0.3, -0.25) is 4.79 Å². The van der Waals surface area contributed by atoms with Crippen LogP contribution in [0.2, 0.25) is 0 Å². The van der Waals surface area contributed by atoms with E-state index in [4.69, 9.17) is 4.74 Å². The summed E-state index contributed by atoms with van der Waals surface area (Å²) in [6, 6.07) is 9.58. The Morgan fingerprint density at radius 1 is 1.28 bits per heavy atom. The van der Waals surface area contributed by atoms with Crippen LogP contribution < -0.4 is 10.1 Å². The van der Waals surface area contributed by atoms with Crippen LogP contribution in [-0.4, -0.2) is 24.7 Å². The summed E-state index contributed by atoms with van der Waals surface area (Å²) in [5, 5.41) is 12.5. The Kier molecular flexibility index (Phi) is 6.48. The van der Waals surface area contributed by atoms with Crippen LogP contribution in [0, 0.1) is 6.92 Å². The third-order valence-corrected chi connectivity index (χ3v) is 4.84. The van der Waals surface area contributed by atoms with Gasteiger partial charge in [0.2, 0.25) is 0 Å². The van der Waals surface area contributed by atoms with Crippen molar-refractivity contribution in [2.24, 2.45) is 0 Å². The summed E-state index contributed by atoms with van der Waals surface area (Å²) in [4.78, 5) is 11.3. The summed E-state index contributed by atoms with van der Waals surface area (Å²) in [6.45, 7) is 6.16. The number of phenolic OH excluding ortho intramolecular Hbond substituents is 1. The molecular formula is C20H24BrNO3. The van der Waals surface area contributed by atoms with Crippen molar-refractivity contribution in [1.29, 1.82) is 0 Å². The molecule has 0 saturated heterocycles. The predicted molar refractivity (Wildman–Crippen MR) is 103 cm³/mol. The fraction of sp³-hybridized carbons (Fsp3) is 0.350. The Balaban J connectivity index is 2.23. The lowest BCUT2D eigenvalue weighted by Gasteiger charge is -2.14. The maximum absolute atomic E-state index is 11.3. The summed E-state index contributed by atoms with van der Waals surface area (Å²) < 4.78 is 6.46. The molecule has 0 aliphatic heterocycles. The van der Waals surface area contributed by atoms with Crippen LogP contribution in [0.25, 0.3) is 0 Å². The fourth-order valence-corrected chi connectivity index (χ4v) is 3.33. The molecule has 2 N–H and O–H groups in total. The Morgan fingerprint density at radius 3 is 2.60 bits per heavy atom. The van der Waals surface area contributed by atoms with E-state index in [-0.39, 0.29) is 18.4 Å². The zero-order valence-corrected chi connectivity index (χ0v) is 16.6. The van der Waals surface area contributed by atoms with Gasteiger partial charge >= 0.3 is 0 Å². The van der Waals surface area contributed by atoms with Crippen molar-refractivity contribution in [3.63, 3.8) is 0 Å². The van der Waals surface area contributed by atoms with E-state index in [1.807, 2.05) is 25.1 Å². The number of nitrogens with one attached hydrogen (secondary N) is 1. The van der Waals surface area contributed by atoms with Gasteiger partial charge < -0.3 is 15.2 Å². The minimum atomic E-state index is -0.164. The third-order valence-electron chi connectivity index (χ3n) is 4.14. The van der Waals surface area contributed by atoms with E-state index in [1.165, 1.54) is 0 Å². The number of aryl methyl sites for hydroxylation is 1. The zero-order valence-electron chi connectivity index (χ0n) is 15.0. The first-order valence-corrected chi connectivity index (χ1v) is 9.05. The summed E-state index contributed by atoms with van der Waals surface area (Å²) in [5.74, 6) is 1.10. The van der Waals surface area contributed by atoms with E-state index >= 15 is 0 Å². The van der Waals surface area contributed by atoms with E-state index < -0.39 is 0 Å². The molecule has 0 radical (unpaired) electrons. The van der Waals surface area contributed by atoms with Gasteiger partial charge in [0.05, 0.1) is 0 Å². The average Bonchev–Trinajstić information content (AvgIpc) is 2.57. The first kappa shape index (κ1) is 19.3. The second-order valence-electron chi connectivity index (χ2n) is 6.39. The van der Waals surface area contributed by atoms with E-state index in [0.29, 0.717) is 11.5 Å². The number of aromatic hydroxyl groups is 1. The van der Waals surface area contributed by atoms with Crippen molar-refractivity contribution >= 4 is 21.8 Å². The number of ether oxygens (including phenoxy) is 1. The van der Waals surface area contributed by atoms with Crippen molar-refractivity contribution in [2.45, 2.75) is 33.1 Å². The lowest BCUT2D eigenvalue weighted by atomic mass is 9.95. The Bertz CT molecular complexity index is 749. The van der Waals surface area contributed by atoms with Crippen LogP contribution in [0.4, 0.5) is 0 Å². The molecule has 2 aromatic rings. The minimum absolute atomic E-state index is 0.00254. The number of rotatable bonds is 6. The van der Waals surface area contributed by atoms with E-state index in [1.54, 1.807) is 13.1 Å². The summed E-state index contributed by atoms with van der Waals surface area (Å²) >= 11 is 3.61. The normalized spacial score (nSPS) is 10.8. The molecule has 0 saturated carbocycles. The number of carbonyl (C=O) groups excluding carboxylic acids is 1. The van der Waals surface area contributed by atoms with Gasteiger partial charge in [0.1, 0.15) is 11.5 Å². The first-order chi connectivity index (χ1) is 11.8. The van der Waals surface area contributed by atoms with Crippen LogP contribution >= 0.6 is 15.9 Å². The van der Waals surface area contributed by atoms with Gasteiger partial charge in [0, 0.05) is 11.5 Å². The molecule has 0 unspecified atom stereocenters. The molecule has 0 fully saturated rings. The number of carbonyl (C=O) groups is 1. The van der Waals surface area contributed by atoms with E-state index in [9.17, 15) is 9.90 Å². The molecule has 5 heteroatoms. The number of benzene rings is 2. The highest BCUT2D eigenvalue weighted by Gasteiger charge is 2.12. The van der Waals surface area contributed by atoms with Crippen LogP contribution in [0.1, 0.15) is 42.0 Å². The lowest BCUT2D eigenvalue weighted by molar-refractivity contribution is -0.122. The highest BCUT2D eigenvalue weighted by atomic mass is 79.9. The van der Waals surface area contributed by atoms with Crippen LogP contribution in [0.3, 0.4) is 0 Å². The molecule has 0 heterocycles. The quantitative estimate of drug-likeness (QED) is 0.752. The smallest absolute Gasteiger partial charge is 0.257 e. The van der Waals surface area contributed by atoms with Gasteiger partial charge in [-0.2, -0.15) is 0 Å². The molecule has 0 bridgehead atoms. The van der Waals surface area contributed by atoms with Crippen LogP contribution in [-0.2, 0) is 11.2 Å². The molecule has 0 aromatic heterocycles. The Hall–Kier alpha value is -2.01.